The Morgan fingerprint density at radius 1 is 1.11 bits per heavy atom. The second kappa shape index (κ2) is 4.72. The van der Waals surface area contributed by atoms with Gasteiger partial charge < -0.3 is 19.9 Å². The molecule has 1 aliphatic heterocycles. The quantitative estimate of drug-likeness (QED) is 0.859. The van der Waals surface area contributed by atoms with Crippen molar-refractivity contribution in [2.24, 2.45) is 0 Å². The lowest BCUT2D eigenvalue weighted by atomic mass is 10.2. The molecule has 1 aliphatic rings. The number of aryl methyl sites for hydroxylation is 1. The van der Waals surface area contributed by atoms with Crippen molar-refractivity contribution in [3.05, 3.63) is 47.5 Å². The number of nitrogens with two attached hydrogens (primary N) is 1. The summed E-state index contributed by atoms with van der Waals surface area (Å²) in [7, 11) is 0. The van der Waals surface area contributed by atoms with E-state index in [9.17, 15) is 0 Å². The molecular weight excluding hydrogens is 242 g/mol. The van der Waals surface area contributed by atoms with E-state index in [1.54, 1.807) is 0 Å². The topological polar surface area (TPSA) is 53.7 Å². The summed E-state index contributed by atoms with van der Waals surface area (Å²) in [4.78, 5) is 0. The fourth-order valence-electron chi connectivity index (χ4n) is 1.96. The molecule has 0 aromatic heterocycles. The van der Waals surface area contributed by atoms with Crippen LogP contribution in [0.25, 0.3) is 0 Å². The van der Waals surface area contributed by atoms with Gasteiger partial charge in [0.1, 0.15) is 12.4 Å². The summed E-state index contributed by atoms with van der Waals surface area (Å²) >= 11 is 0. The molecule has 2 N–H and O–H groups in total. The Hall–Kier alpha value is -2.36. The van der Waals surface area contributed by atoms with Crippen molar-refractivity contribution in [2.75, 3.05) is 12.5 Å². The molecule has 0 aliphatic carbocycles. The zero-order valence-electron chi connectivity index (χ0n) is 10.7. The van der Waals surface area contributed by atoms with Crippen molar-refractivity contribution in [1.29, 1.82) is 0 Å². The van der Waals surface area contributed by atoms with Crippen LogP contribution in [-0.2, 0) is 6.61 Å². The highest BCUT2D eigenvalue weighted by atomic mass is 16.7. The van der Waals surface area contributed by atoms with E-state index >= 15 is 0 Å². The van der Waals surface area contributed by atoms with Crippen LogP contribution in [0.15, 0.2) is 36.4 Å². The third-order valence-corrected chi connectivity index (χ3v) is 3.00. The average molecular weight is 257 g/mol. The second-order valence-corrected chi connectivity index (χ2v) is 4.52. The summed E-state index contributed by atoms with van der Waals surface area (Å²) < 4.78 is 16.3. The van der Waals surface area contributed by atoms with Gasteiger partial charge in [-0.3, -0.25) is 0 Å². The Balaban J connectivity index is 1.74. The Morgan fingerprint density at radius 3 is 2.84 bits per heavy atom. The van der Waals surface area contributed by atoms with Gasteiger partial charge in [-0.05, 0) is 42.3 Å². The summed E-state index contributed by atoms with van der Waals surface area (Å²) in [6.45, 7) is 2.74. The third kappa shape index (κ3) is 2.42. The summed E-state index contributed by atoms with van der Waals surface area (Å²) in [5.74, 6) is 2.25. The number of ether oxygens (including phenoxy) is 3. The molecule has 1 heterocycles. The molecule has 0 fully saturated rings. The molecule has 2 aromatic carbocycles. The Kier molecular flexibility index (Phi) is 2.91. The number of anilines is 1. The SMILES string of the molecule is Cc1ccc(N)c(OCc2ccc3c(c2)OCO3)c1. The fraction of sp³-hybridized carbons (Fsp3) is 0.200. The lowest BCUT2D eigenvalue weighted by molar-refractivity contribution is 0.174. The van der Waals surface area contributed by atoms with Crippen molar-refractivity contribution < 1.29 is 14.2 Å². The van der Waals surface area contributed by atoms with Gasteiger partial charge in [-0.1, -0.05) is 12.1 Å². The number of benzene rings is 2. The normalized spacial score (nSPS) is 12.5. The van der Waals surface area contributed by atoms with Gasteiger partial charge in [-0.2, -0.15) is 0 Å². The van der Waals surface area contributed by atoms with Crippen LogP contribution in [-0.4, -0.2) is 6.79 Å². The number of rotatable bonds is 3. The van der Waals surface area contributed by atoms with E-state index < -0.39 is 0 Å². The molecule has 3 rings (SSSR count). The monoisotopic (exact) mass is 257 g/mol. The summed E-state index contributed by atoms with van der Waals surface area (Å²) in [5.41, 5.74) is 8.66. The van der Waals surface area contributed by atoms with E-state index in [2.05, 4.69) is 0 Å². The van der Waals surface area contributed by atoms with Crippen LogP contribution in [0.5, 0.6) is 17.2 Å². The molecule has 0 spiro atoms. The first-order chi connectivity index (χ1) is 9.22. The van der Waals surface area contributed by atoms with E-state index in [1.165, 1.54) is 0 Å². The van der Waals surface area contributed by atoms with Crippen LogP contribution in [0.2, 0.25) is 0 Å². The largest absolute Gasteiger partial charge is 0.487 e. The molecular formula is C15H15NO3. The van der Waals surface area contributed by atoms with E-state index in [4.69, 9.17) is 19.9 Å². The van der Waals surface area contributed by atoms with Gasteiger partial charge in [0.05, 0.1) is 5.69 Å². The van der Waals surface area contributed by atoms with Crippen molar-refractivity contribution in [3.8, 4) is 17.2 Å². The maximum atomic E-state index is 5.87. The van der Waals surface area contributed by atoms with Gasteiger partial charge in [-0.15, -0.1) is 0 Å². The van der Waals surface area contributed by atoms with Crippen molar-refractivity contribution in [2.45, 2.75) is 13.5 Å². The van der Waals surface area contributed by atoms with Gasteiger partial charge in [0.15, 0.2) is 11.5 Å². The van der Waals surface area contributed by atoms with Crippen LogP contribution in [0.3, 0.4) is 0 Å². The van der Waals surface area contributed by atoms with Crippen LogP contribution in [0.1, 0.15) is 11.1 Å². The second-order valence-electron chi connectivity index (χ2n) is 4.52. The predicted molar refractivity (Wildman–Crippen MR) is 72.5 cm³/mol. The Bertz CT molecular complexity index is 610. The van der Waals surface area contributed by atoms with E-state index in [-0.39, 0.29) is 6.79 Å². The predicted octanol–water partition coefficient (Wildman–Crippen LogP) is 2.88. The minimum absolute atomic E-state index is 0.282. The highest BCUT2D eigenvalue weighted by molar-refractivity contribution is 5.54. The van der Waals surface area contributed by atoms with E-state index in [0.717, 1.165) is 22.6 Å². The summed E-state index contributed by atoms with van der Waals surface area (Å²) in [6.07, 6.45) is 0. The minimum Gasteiger partial charge on any atom is -0.487 e. The van der Waals surface area contributed by atoms with Crippen molar-refractivity contribution in [3.63, 3.8) is 0 Å². The number of nitrogen functional groups attached to an aromatic ring is 1. The number of hydrogen-bond acceptors (Lipinski definition) is 4. The lowest BCUT2D eigenvalue weighted by Gasteiger charge is -2.10. The molecule has 0 amide bonds. The number of hydrogen-bond donors (Lipinski definition) is 1. The maximum absolute atomic E-state index is 5.87. The lowest BCUT2D eigenvalue weighted by Crippen LogP contribution is -1.99. The van der Waals surface area contributed by atoms with Crippen LogP contribution in [0, 0.1) is 6.92 Å². The molecule has 4 nitrogen and oxygen atoms in total. The molecule has 2 aromatic rings. The van der Waals surface area contributed by atoms with Gasteiger partial charge in [0.2, 0.25) is 6.79 Å². The minimum atomic E-state index is 0.282. The standard InChI is InChI=1S/C15H15NO3/c1-10-2-4-12(16)14(6-10)17-8-11-3-5-13-15(7-11)19-9-18-13/h2-7H,8-9,16H2,1H3. The molecule has 19 heavy (non-hydrogen) atoms. The van der Waals surface area contributed by atoms with Gasteiger partial charge in [0.25, 0.3) is 0 Å². The van der Waals surface area contributed by atoms with Crippen molar-refractivity contribution >= 4 is 5.69 Å². The van der Waals surface area contributed by atoms with Crippen LogP contribution < -0.4 is 19.9 Å². The summed E-state index contributed by atoms with van der Waals surface area (Å²) in [6, 6.07) is 11.5. The van der Waals surface area contributed by atoms with Crippen molar-refractivity contribution in [1.82, 2.24) is 0 Å². The average Bonchev–Trinajstić information content (AvgIpc) is 2.87. The third-order valence-electron chi connectivity index (χ3n) is 3.00. The summed E-state index contributed by atoms with van der Waals surface area (Å²) in [5, 5.41) is 0. The molecule has 0 radical (unpaired) electrons. The van der Waals surface area contributed by atoms with Crippen LogP contribution >= 0.6 is 0 Å². The zero-order chi connectivity index (χ0) is 13.2. The van der Waals surface area contributed by atoms with Gasteiger partial charge in [-0.25, -0.2) is 0 Å². The highest BCUT2D eigenvalue weighted by Crippen LogP contribution is 2.33. The molecule has 0 bridgehead atoms. The molecule has 0 saturated carbocycles. The zero-order valence-corrected chi connectivity index (χ0v) is 10.7. The molecule has 0 unspecified atom stereocenters. The Labute approximate surface area is 111 Å². The fourth-order valence-corrected chi connectivity index (χ4v) is 1.96. The maximum Gasteiger partial charge on any atom is 0.231 e. The first-order valence-corrected chi connectivity index (χ1v) is 6.10. The molecule has 0 saturated heterocycles. The molecule has 4 heteroatoms. The van der Waals surface area contributed by atoms with E-state index in [1.807, 2.05) is 43.3 Å². The molecule has 0 atom stereocenters. The van der Waals surface area contributed by atoms with Gasteiger partial charge >= 0.3 is 0 Å². The molecule has 98 valence electrons. The first-order valence-electron chi connectivity index (χ1n) is 6.10. The Morgan fingerprint density at radius 2 is 1.95 bits per heavy atom. The van der Waals surface area contributed by atoms with E-state index in [0.29, 0.717) is 18.0 Å². The highest BCUT2D eigenvalue weighted by Gasteiger charge is 2.13. The van der Waals surface area contributed by atoms with Gasteiger partial charge in [0, 0.05) is 0 Å². The first kappa shape index (κ1) is 11.7. The smallest absolute Gasteiger partial charge is 0.231 e. The number of fused-ring (bicyclic) bond motifs is 1. The van der Waals surface area contributed by atoms with Crippen LogP contribution in [0.4, 0.5) is 5.69 Å².